The number of hydrogen-bond donors (Lipinski definition) is 1. The number of nitrogens with zero attached hydrogens (tertiary/aromatic N) is 1. The van der Waals surface area contributed by atoms with Crippen molar-refractivity contribution in [1.29, 1.82) is 0 Å². The maximum Gasteiger partial charge on any atom is 0.230 e. The van der Waals surface area contributed by atoms with Crippen LogP contribution in [0.5, 0.6) is 0 Å². The second kappa shape index (κ2) is 5.71. The van der Waals surface area contributed by atoms with Gasteiger partial charge in [-0.25, -0.2) is 0 Å². The number of amides is 1. The highest BCUT2D eigenvalue weighted by Crippen LogP contribution is 2.28. The number of hydrogen-bond acceptors (Lipinski definition) is 3. The molecule has 0 unspecified atom stereocenters. The third-order valence-electron chi connectivity index (χ3n) is 2.69. The molecule has 0 saturated carbocycles. The third-order valence-corrected chi connectivity index (χ3v) is 4.59. The molecule has 0 bridgehead atoms. The quantitative estimate of drug-likeness (QED) is 0.940. The summed E-state index contributed by atoms with van der Waals surface area (Å²) in [5.74, 6) is 0.444. The predicted octanol–water partition coefficient (Wildman–Crippen LogP) is 3.10. The van der Waals surface area contributed by atoms with Crippen molar-refractivity contribution in [3.05, 3.63) is 40.5 Å². The van der Waals surface area contributed by atoms with Gasteiger partial charge >= 0.3 is 0 Å². The summed E-state index contributed by atoms with van der Waals surface area (Å²) in [7, 11) is 0. The number of primary amides is 1. The summed E-state index contributed by atoms with van der Waals surface area (Å²) < 4.78 is 1.03. The van der Waals surface area contributed by atoms with Gasteiger partial charge in [-0.15, -0.1) is 11.8 Å². The van der Waals surface area contributed by atoms with E-state index in [0.717, 1.165) is 26.7 Å². The molecular weight excluding hydrogens is 312 g/mol. The Kier molecular flexibility index (Phi) is 4.24. The van der Waals surface area contributed by atoms with Crippen molar-refractivity contribution in [2.45, 2.75) is 17.9 Å². The second-order valence-corrected chi connectivity index (χ2v) is 6.15. The SMILES string of the molecule is C[C@@H](SCc1ccc(Br)c2cccnc12)C(N)=O. The first-order valence-electron chi connectivity index (χ1n) is 5.52. The van der Waals surface area contributed by atoms with Gasteiger partial charge in [0.25, 0.3) is 0 Å². The van der Waals surface area contributed by atoms with E-state index in [2.05, 4.69) is 20.9 Å². The maximum absolute atomic E-state index is 11.0. The molecule has 2 aromatic rings. The smallest absolute Gasteiger partial charge is 0.230 e. The van der Waals surface area contributed by atoms with E-state index in [1.165, 1.54) is 11.8 Å². The van der Waals surface area contributed by atoms with Gasteiger partial charge in [0.2, 0.25) is 5.91 Å². The molecule has 5 heteroatoms. The number of rotatable bonds is 4. The molecule has 1 aromatic heterocycles. The molecule has 0 spiro atoms. The molecule has 2 N–H and O–H groups in total. The molecule has 3 nitrogen and oxygen atoms in total. The fourth-order valence-electron chi connectivity index (χ4n) is 1.61. The summed E-state index contributed by atoms with van der Waals surface area (Å²) in [6, 6.07) is 7.98. The minimum atomic E-state index is -0.283. The van der Waals surface area contributed by atoms with Gasteiger partial charge in [0.1, 0.15) is 0 Å². The fraction of sp³-hybridized carbons (Fsp3) is 0.231. The first-order valence-corrected chi connectivity index (χ1v) is 7.37. The molecule has 0 aliphatic rings. The predicted molar refractivity (Wildman–Crippen MR) is 79.4 cm³/mol. The van der Waals surface area contributed by atoms with E-state index >= 15 is 0 Å². The van der Waals surface area contributed by atoms with Gasteiger partial charge in [-0.2, -0.15) is 0 Å². The Morgan fingerprint density at radius 2 is 2.28 bits per heavy atom. The van der Waals surface area contributed by atoms with Crippen LogP contribution < -0.4 is 5.73 Å². The second-order valence-electron chi connectivity index (χ2n) is 3.96. The Hall–Kier alpha value is -1.07. The molecule has 18 heavy (non-hydrogen) atoms. The van der Waals surface area contributed by atoms with E-state index in [1.807, 2.05) is 31.2 Å². The van der Waals surface area contributed by atoms with Crippen LogP contribution in [0.1, 0.15) is 12.5 Å². The lowest BCUT2D eigenvalue weighted by Gasteiger charge is -2.09. The standard InChI is InChI=1S/C13H13BrN2OS/c1-8(13(15)17)18-7-9-4-5-11(14)10-3-2-6-16-12(9)10/h2-6,8H,7H2,1H3,(H2,15,17)/t8-/m1/s1. The lowest BCUT2D eigenvalue weighted by molar-refractivity contribution is -0.117. The van der Waals surface area contributed by atoms with Gasteiger partial charge in [-0.1, -0.05) is 28.1 Å². The monoisotopic (exact) mass is 324 g/mol. The van der Waals surface area contributed by atoms with Crippen molar-refractivity contribution >= 4 is 44.5 Å². The Morgan fingerprint density at radius 1 is 1.50 bits per heavy atom. The zero-order chi connectivity index (χ0) is 13.1. The average molecular weight is 325 g/mol. The van der Waals surface area contributed by atoms with E-state index in [4.69, 9.17) is 5.73 Å². The van der Waals surface area contributed by atoms with E-state index < -0.39 is 0 Å². The van der Waals surface area contributed by atoms with Crippen LogP contribution in [-0.4, -0.2) is 16.1 Å². The first-order chi connectivity index (χ1) is 8.59. The molecule has 0 fully saturated rings. The van der Waals surface area contributed by atoms with Crippen molar-refractivity contribution in [2.75, 3.05) is 0 Å². The minimum absolute atomic E-state index is 0.188. The van der Waals surface area contributed by atoms with Crippen molar-refractivity contribution in [2.24, 2.45) is 5.73 Å². The molecule has 2 rings (SSSR count). The van der Waals surface area contributed by atoms with Crippen LogP contribution in [0.2, 0.25) is 0 Å². The average Bonchev–Trinajstić information content (AvgIpc) is 2.38. The van der Waals surface area contributed by atoms with Crippen molar-refractivity contribution < 1.29 is 4.79 Å². The number of aromatic nitrogens is 1. The number of carbonyl (C=O) groups excluding carboxylic acids is 1. The molecule has 0 aliphatic heterocycles. The zero-order valence-electron chi connectivity index (χ0n) is 9.89. The van der Waals surface area contributed by atoms with Crippen molar-refractivity contribution in [3.8, 4) is 0 Å². The number of fused-ring (bicyclic) bond motifs is 1. The molecule has 94 valence electrons. The van der Waals surface area contributed by atoms with E-state index in [9.17, 15) is 4.79 Å². The molecule has 1 amide bonds. The lowest BCUT2D eigenvalue weighted by Crippen LogP contribution is -2.22. The summed E-state index contributed by atoms with van der Waals surface area (Å²) >= 11 is 5.04. The van der Waals surface area contributed by atoms with Gasteiger partial charge < -0.3 is 5.73 Å². The van der Waals surface area contributed by atoms with Gasteiger partial charge in [0.15, 0.2) is 0 Å². The van der Waals surface area contributed by atoms with Gasteiger partial charge in [-0.05, 0) is 24.6 Å². The van der Waals surface area contributed by atoms with Crippen LogP contribution >= 0.6 is 27.7 Å². The van der Waals surface area contributed by atoms with Crippen molar-refractivity contribution in [1.82, 2.24) is 4.98 Å². The summed E-state index contributed by atoms with van der Waals surface area (Å²) in [6.07, 6.45) is 1.78. The molecule has 0 saturated heterocycles. The topological polar surface area (TPSA) is 56.0 Å². The Morgan fingerprint density at radius 3 is 3.00 bits per heavy atom. The van der Waals surface area contributed by atoms with E-state index in [-0.39, 0.29) is 11.2 Å². The molecule has 1 atom stereocenters. The molecule has 0 aliphatic carbocycles. The highest BCUT2D eigenvalue weighted by molar-refractivity contribution is 9.10. The highest BCUT2D eigenvalue weighted by Gasteiger charge is 2.11. The minimum Gasteiger partial charge on any atom is -0.369 e. The van der Waals surface area contributed by atoms with Crippen LogP contribution in [-0.2, 0) is 10.5 Å². The molecular formula is C13H13BrN2OS. The zero-order valence-corrected chi connectivity index (χ0v) is 12.3. The summed E-state index contributed by atoms with van der Waals surface area (Å²) in [5, 5.41) is 0.898. The summed E-state index contributed by atoms with van der Waals surface area (Å²) in [6.45, 7) is 1.82. The lowest BCUT2D eigenvalue weighted by atomic mass is 10.1. The van der Waals surface area contributed by atoms with Crippen molar-refractivity contribution in [3.63, 3.8) is 0 Å². The molecule has 0 radical (unpaired) electrons. The maximum atomic E-state index is 11.0. The van der Waals surface area contributed by atoms with Gasteiger partial charge in [-0.3, -0.25) is 9.78 Å². The normalized spacial score (nSPS) is 12.6. The molecule has 1 heterocycles. The van der Waals surface area contributed by atoms with Crippen LogP contribution in [0.15, 0.2) is 34.9 Å². The Bertz CT molecular complexity index is 588. The number of pyridine rings is 1. The molecule has 1 aromatic carbocycles. The fourth-order valence-corrected chi connectivity index (χ4v) is 2.89. The Balaban J connectivity index is 2.29. The Labute approximate surface area is 118 Å². The summed E-state index contributed by atoms with van der Waals surface area (Å²) in [4.78, 5) is 15.4. The van der Waals surface area contributed by atoms with Gasteiger partial charge in [0, 0.05) is 21.8 Å². The van der Waals surface area contributed by atoms with Crippen LogP contribution in [0, 0.1) is 0 Å². The van der Waals surface area contributed by atoms with Crippen LogP contribution in [0.3, 0.4) is 0 Å². The van der Waals surface area contributed by atoms with E-state index in [1.54, 1.807) is 6.20 Å². The summed E-state index contributed by atoms with van der Waals surface area (Å²) in [5.41, 5.74) is 7.34. The largest absolute Gasteiger partial charge is 0.369 e. The van der Waals surface area contributed by atoms with Gasteiger partial charge in [0.05, 0.1) is 10.8 Å². The number of halogens is 1. The third kappa shape index (κ3) is 2.84. The highest BCUT2D eigenvalue weighted by atomic mass is 79.9. The first kappa shape index (κ1) is 13.4. The number of nitrogens with two attached hydrogens (primary N) is 1. The van der Waals surface area contributed by atoms with E-state index in [0.29, 0.717) is 0 Å². The number of carbonyl (C=O) groups is 1. The number of benzene rings is 1. The van der Waals surface area contributed by atoms with Crippen LogP contribution in [0.4, 0.5) is 0 Å². The number of thioether (sulfide) groups is 1. The van der Waals surface area contributed by atoms with Crippen LogP contribution in [0.25, 0.3) is 10.9 Å².